The third-order valence-electron chi connectivity index (χ3n) is 3.46. The second kappa shape index (κ2) is 6.26. The molecule has 2 nitrogen and oxygen atoms in total. The molecule has 88 valence electrons. The first kappa shape index (κ1) is 12.7. The smallest absolute Gasteiger partial charge is 0.136 e. The van der Waals surface area contributed by atoms with E-state index in [9.17, 15) is 4.79 Å². The zero-order chi connectivity index (χ0) is 11.1. The SMILES string of the molecule is CCCCC1(CCCC)CC(=O)CCN1. The summed E-state index contributed by atoms with van der Waals surface area (Å²) in [6.45, 7) is 5.34. The molecule has 0 atom stereocenters. The molecule has 0 radical (unpaired) electrons. The highest BCUT2D eigenvalue weighted by Gasteiger charge is 2.33. The average molecular weight is 211 g/mol. The first-order chi connectivity index (χ1) is 7.22. The molecule has 0 aliphatic carbocycles. The zero-order valence-electron chi connectivity index (χ0n) is 10.3. The topological polar surface area (TPSA) is 29.1 Å². The number of rotatable bonds is 6. The lowest BCUT2D eigenvalue weighted by Gasteiger charge is -2.38. The van der Waals surface area contributed by atoms with Gasteiger partial charge in [-0.1, -0.05) is 39.5 Å². The Labute approximate surface area is 93.8 Å². The number of carbonyl (C=O) groups is 1. The minimum atomic E-state index is 0.154. The molecule has 0 saturated carbocycles. The van der Waals surface area contributed by atoms with Crippen molar-refractivity contribution in [3.63, 3.8) is 0 Å². The van der Waals surface area contributed by atoms with Crippen LogP contribution in [0.1, 0.15) is 65.2 Å². The molecule has 1 saturated heterocycles. The Hall–Kier alpha value is -0.370. The van der Waals surface area contributed by atoms with E-state index < -0.39 is 0 Å². The van der Waals surface area contributed by atoms with Crippen LogP contribution in [0.25, 0.3) is 0 Å². The largest absolute Gasteiger partial charge is 0.310 e. The van der Waals surface area contributed by atoms with Crippen LogP contribution in [0.15, 0.2) is 0 Å². The summed E-state index contributed by atoms with van der Waals surface area (Å²) < 4.78 is 0. The average Bonchev–Trinajstić information content (AvgIpc) is 2.24. The predicted octanol–water partition coefficient (Wildman–Crippen LogP) is 3.06. The van der Waals surface area contributed by atoms with E-state index in [0.29, 0.717) is 5.78 Å². The summed E-state index contributed by atoms with van der Waals surface area (Å²) in [6.07, 6.45) is 8.79. The van der Waals surface area contributed by atoms with Crippen molar-refractivity contribution in [1.82, 2.24) is 5.32 Å². The summed E-state index contributed by atoms with van der Waals surface area (Å²) >= 11 is 0. The fourth-order valence-corrected chi connectivity index (χ4v) is 2.50. The van der Waals surface area contributed by atoms with Crippen molar-refractivity contribution in [2.24, 2.45) is 0 Å². The van der Waals surface area contributed by atoms with Crippen LogP contribution in [0.5, 0.6) is 0 Å². The van der Waals surface area contributed by atoms with Gasteiger partial charge in [0.25, 0.3) is 0 Å². The number of hydrogen-bond acceptors (Lipinski definition) is 2. The Bertz CT molecular complexity index is 193. The van der Waals surface area contributed by atoms with E-state index in [-0.39, 0.29) is 5.54 Å². The second-order valence-corrected chi connectivity index (χ2v) is 4.88. The maximum absolute atomic E-state index is 11.6. The normalized spacial score (nSPS) is 20.5. The molecule has 0 amide bonds. The monoisotopic (exact) mass is 211 g/mol. The maximum Gasteiger partial charge on any atom is 0.136 e. The summed E-state index contributed by atoms with van der Waals surface area (Å²) in [6, 6.07) is 0. The van der Waals surface area contributed by atoms with Crippen LogP contribution in [-0.4, -0.2) is 17.9 Å². The lowest BCUT2D eigenvalue weighted by Crippen LogP contribution is -2.51. The summed E-state index contributed by atoms with van der Waals surface area (Å²) in [5, 5.41) is 3.61. The molecule has 0 aromatic heterocycles. The van der Waals surface area contributed by atoms with Crippen molar-refractivity contribution in [2.75, 3.05) is 6.54 Å². The molecule has 0 bridgehead atoms. The van der Waals surface area contributed by atoms with E-state index >= 15 is 0 Å². The van der Waals surface area contributed by atoms with Gasteiger partial charge in [-0.3, -0.25) is 4.79 Å². The zero-order valence-corrected chi connectivity index (χ0v) is 10.3. The van der Waals surface area contributed by atoms with Gasteiger partial charge < -0.3 is 5.32 Å². The lowest BCUT2D eigenvalue weighted by molar-refractivity contribution is -0.122. The van der Waals surface area contributed by atoms with Crippen molar-refractivity contribution in [1.29, 1.82) is 0 Å². The standard InChI is InChI=1S/C13H25NO/c1-3-5-8-13(9-6-4-2)11-12(15)7-10-14-13/h14H,3-11H2,1-2H3. The number of hydrogen-bond donors (Lipinski definition) is 1. The molecular formula is C13H25NO. The fraction of sp³-hybridized carbons (Fsp3) is 0.923. The number of unbranched alkanes of at least 4 members (excludes halogenated alkanes) is 2. The Balaban J connectivity index is 2.53. The number of piperidine rings is 1. The number of nitrogens with one attached hydrogen (secondary N) is 1. The molecular weight excluding hydrogens is 186 g/mol. The number of ketones is 1. The van der Waals surface area contributed by atoms with Gasteiger partial charge in [0, 0.05) is 24.9 Å². The van der Waals surface area contributed by atoms with Crippen molar-refractivity contribution in [3.05, 3.63) is 0 Å². The van der Waals surface area contributed by atoms with Gasteiger partial charge in [0.05, 0.1) is 0 Å². The van der Waals surface area contributed by atoms with E-state index in [1.165, 1.54) is 38.5 Å². The van der Waals surface area contributed by atoms with Crippen molar-refractivity contribution >= 4 is 5.78 Å². The first-order valence-corrected chi connectivity index (χ1v) is 6.49. The van der Waals surface area contributed by atoms with E-state index in [1.54, 1.807) is 0 Å². The van der Waals surface area contributed by atoms with Crippen molar-refractivity contribution < 1.29 is 4.79 Å². The van der Waals surface area contributed by atoms with Gasteiger partial charge in [-0.15, -0.1) is 0 Å². The highest BCUT2D eigenvalue weighted by atomic mass is 16.1. The highest BCUT2D eigenvalue weighted by Crippen LogP contribution is 2.28. The van der Waals surface area contributed by atoms with Gasteiger partial charge in [0.1, 0.15) is 5.78 Å². The molecule has 1 N–H and O–H groups in total. The molecule has 0 unspecified atom stereocenters. The molecule has 1 aliphatic rings. The maximum atomic E-state index is 11.6. The summed E-state index contributed by atoms with van der Waals surface area (Å²) in [5.74, 6) is 0.459. The van der Waals surface area contributed by atoms with Crippen LogP contribution in [-0.2, 0) is 4.79 Å². The van der Waals surface area contributed by atoms with Crippen LogP contribution >= 0.6 is 0 Å². The predicted molar refractivity (Wildman–Crippen MR) is 64.0 cm³/mol. The molecule has 1 aliphatic heterocycles. The molecule has 1 rings (SSSR count). The highest BCUT2D eigenvalue weighted by molar-refractivity contribution is 5.80. The Morgan fingerprint density at radius 1 is 1.20 bits per heavy atom. The second-order valence-electron chi connectivity index (χ2n) is 4.88. The van der Waals surface area contributed by atoms with Crippen LogP contribution in [0.3, 0.4) is 0 Å². The Morgan fingerprint density at radius 3 is 2.27 bits per heavy atom. The van der Waals surface area contributed by atoms with Gasteiger partial charge in [-0.25, -0.2) is 0 Å². The van der Waals surface area contributed by atoms with E-state index in [0.717, 1.165) is 19.4 Å². The molecule has 1 heterocycles. The molecule has 0 aromatic carbocycles. The van der Waals surface area contributed by atoms with Gasteiger partial charge in [-0.05, 0) is 12.8 Å². The van der Waals surface area contributed by atoms with Crippen LogP contribution in [0.2, 0.25) is 0 Å². The minimum Gasteiger partial charge on any atom is -0.310 e. The van der Waals surface area contributed by atoms with Gasteiger partial charge >= 0.3 is 0 Å². The van der Waals surface area contributed by atoms with E-state index in [1.807, 2.05) is 0 Å². The van der Waals surface area contributed by atoms with Crippen molar-refractivity contribution in [2.45, 2.75) is 70.8 Å². The van der Waals surface area contributed by atoms with E-state index in [2.05, 4.69) is 19.2 Å². The third kappa shape index (κ3) is 3.94. The molecule has 15 heavy (non-hydrogen) atoms. The number of Topliss-reactive ketones (excluding diaryl/α,β-unsaturated/α-hetero) is 1. The number of carbonyl (C=O) groups excluding carboxylic acids is 1. The van der Waals surface area contributed by atoms with Crippen LogP contribution in [0, 0.1) is 0 Å². The molecule has 1 fully saturated rings. The quantitative estimate of drug-likeness (QED) is 0.731. The van der Waals surface area contributed by atoms with E-state index in [4.69, 9.17) is 0 Å². The third-order valence-corrected chi connectivity index (χ3v) is 3.46. The molecule has 2 heteroatoms. The van der Waals surface area contributed by atoms with Crippen LogP contribution in [0.4, 0.5) is 0 Å². The van der Waals surface area contributed by atoms with Gasteiger partial charge in [0.2, 0.25) is 0 Å². The first-order valence-electron chi connectivity index (χ1n) is 6.49. The molecule has 0 aromatic rings. The van der Waals surface area contributed by atoms with Crippen molar-refractivity contribution in [3.8, 4) is 0 Å². The fourth-order valence-electron chi connectivity index (χ4n) is 2.50. The van der Waals surface area contributed by atoms with Crippen LogP contribution < -0.4 is 5.32 Å². The van der Waals surface area contributed by atoms with Gasteiger partial charge in [-0.2, -0.15) is 0 Å². The summed E-state index contributed by atoms with van der Waals surface area (Å²) in [4.78, 5) is 11.6. The molecule has 0 spiro atoms. The van der Waals surface area contributed by atoms with Gasteiger partial charge in [0.15, 0.2) is 0 Å². The summed E-state index contributed by atoms with van der Waals surface area (Å²) in [7, 11) is 0. The Kier molecular flexibility index (Phi) is 5.30. The Morgan fingerprint density at radius 2 is 1.80 bits per heavy atom. The minimum absolute atomic E-state index is 0.154. The summed E-state index contributed by atoms with van der Waals surface area (Å²) in [5.41, 5.74) is 0.154. The lowest BCUT2D eigenvalue weighted by atomic mass is 9.80.